The predicted molar refractivity (Wildman–Crippen MR) is 120 cm³/mol. The zero-order valence-corrected chi connectivity index (χ0v) is 19.5. The standard InChI is InChI=1S/C25H32O5S/c1-16(2)22-14-21(15-23(17(3)4)24(22)31(27,28)29)30-25(26)20-12-10-19(11-13-20)18-8-6-5-7-9-18/h10-18H,5-9H2,1-4H3,(H,27,28,29)/p-1. The molecule has 6 heteroatoms. The molecule has 0 aliphatic heterocycles. The zero-order chi connectivity index (χ0) is 22.8. The summed E-state index contributed by atoms with van der Waals surface area (Å²) in [7, 11) is -4.66. The molecule has 2 aromatic rings. The Morgan fingerprint density at radius 3 is 1.90 bits per heavy atom. The summed E-state index contributed by atoms with van der Waals surface area (Å²) in [6.07, 6.45) is 6.17. The van der Waals surface area contributed by atoms with Gasteiger partial charge in [-0.3, -0.25) is 0 Å². The van der Waals surface area contributed by atoms with Crippen molar-refractivity contribution in [2.45, 2.75) is 82.4 Å². The van der Waals surface area contributed by atoms with E-state index in [0.29, 0.717) is 22.6 Å². The van der Waals surface area contributed by atoms with Gasteiger partial charge in [0, 0.05) is 0 Å². The van der Waals surface area contributed by atoms with E-state index >= 15 is 0 Å². The van der Waals surface area contributed by atoms with Crippen molar-refractivity contribution in [1.29, 1.82) is 0 Å². The van der Waals surface area contributed by atoms with Crippen LogP contribution in [0.15, 0.2) is 41.3 Å². The molecule has 168 valence electrons. The van der Waals surface area contributed by atoms with Crippen molar-refractivity contribution in [3.05, 3.63) is 58.7 Å². The Kier molecular flexibility index (Phi) is 7.22. The Bertz CT molecular complexity index is 1000. The van der Waals surface area contributed by atoms with Gasteiger partial charge in [0.15, 0.2) is 0 Å². The second-order valence-corrected chi connectivity index (χ2v) is 10.4. The number of hydrogen-bond donors (Lipinski definition) is 0. The molecule has 0 bridgehead atoms. The summed E-state index contributed by atoms with van der Waals surface area (Å²) in [5.74, 6) is -0.129. The second-order valence-electron chi connectivity index (χ2n) is 9.04. The molecule has 1 fully saturated rings. The minimum atomic E-state index is -4.66. The number of carbonyl (C=O) groups is 1. The third-order valence-corrected chi connectivity index (χ3v) is 7.02. The molecule has 0 amide bonds. The van der Waals surface area contributed by atoms with Crippen LogP contribution in [-0.4, -0.2) is 18.9 Å². The Morgan fingerprint density at radius 1 is 0.935 bits per heavy atom. The highest BCUT2D eigenvalue weighted by Crippen LogP contribution is 2.36. The molecule has 0 atom stereocenters. The van der Waals surface area contributed by atoms with Crippen molar-refractivity contribution in [3.63, 3.8) is 0 Å². The summed E-state index contributed by atoms with van der Waals surface area (Å²) in [5, 5.41) is 0. The zero-order valence-electron chi connectivity index (χ0n) is 18.7. The van der Waals surface area contributed by atoms with E-state index in [0.717, 1.165) is 0 Å². The first-order chi connectivity index (χ1) is 14.6. The van der Waals surface area contributed by atoms with E-state index in [2.05, 4.69) is 0 Å². The first-order valence-corrected chi connectivity index (χ1v) is 12.4. The van der Waals surface area contributed by atoms with Gasteiger partial charge in [0.1, 0.15) is 15.9 Å². The minimum absolute atomic E-state index is 0.200. The number of benzene rings is 2. The van der Waals surface area contributed by atoms with E-state index in [-0.39, 0.29) is 22.5 Å². The number of esters is 1. The third kappa shape index (κ3) is 5.55. The number of hydrogen-bond acceptors (Lipinski definition) is 5. The van der Waals surface area contributed by atoms with Crippen molar-refractivity contribution < 1.29 is 22.5 Å². The summed E-state index contributed by atoms with van der Waals surface area (Å²) in [5.41, 5.74) is 2.44. The van der Waals surface area contributed by atoms with Crippen molar-refractivity contribution >= 4 is 16.1 Å². The molecule has 0 N–H and O–H groups in total. The molecule has 3 rings (SSSR count). The molecule has 5 nitrogen and oxygen atoms in total. The highest BCUT2D eigenvalue weighted by molar-refractivity contribution is 7.85. The smallest absolute Gasteiger partial charge is 0.343 e. The highest BCUT2D eigenvalue weighted by Gasteiger charge is 2.22. The molecule has 0 spiro atoms. The maximum Gasteiger partial charge on any atom is 0.343 e. The van der Waals surface area contributed by atoms with Crippen LogP contribution in [0.3, 0.4) is 0 Å². The van der Waals surface area contributed by atoms with Crippen LogP contribution in [0.2, 0.25) is 0 Å². The molecule has 0 radical (unpaired) electrons. The van der Waals surface area contributed by atoms with Gasteiger partial charge in [-0.15, -0.1) is 0 Å². The topological polar surface area (TPSA) is 83.5 Å². The van der Waals surface area contributed by atoms with E-state index in [1.807, 2.05) is 39.8 Å². The van der Waals surface area contributed by atoms with Crippen LogP contribution in [-0.2, 0) is 10.1 Å². The van der Waals surface area contributed by atoms with Crippen LogP contribution in [0, 0.1) is 0 Å². The molecular formula is C25H31O5S-. The molecule has 0 aromatic heterocycles. The lowest BCUT2D eigenvalue weighted by Crippen LogP contribution is -2.13. The average Bonchev–Trinajstić information content (AvgIpc) is 2.73. The van der Waals surface area contributed by atoms with Crippen molar-refractivity contribution in [2.24, 2.45) is 0 Å². The Balaban J connectivity index is 1.88. The van der Waals surface area contributed by atoms with Gasteiger partial charge in [0.05, 0.1) is 10.5 Å². The molecular weight excluding hydrogens is 412 g/mol. The summed E-state index contributed by atoms with van der Waals surface area (Å²) >= 11 is 0. The van der Waals surface area contributed by atoms with Crippen LogP contribution in [0.1, 0.15) is 105 Å². The first kappa shape index (κ1) is 23.5. The number of rotatable bonds is 6. The van der Waals surface area contributed by atoms with E-state index in [9.17, 15) is 17.8 Å². The maximum absolute atomic E-state index is 12.7. The lowest BCUT2D eigenvalue weighted by Gasteiger charge is -2.23. The average molecular weight is 444 g/mol. The van der Waals surface area contributed by atoms with E-state index < -0.39 is 16.1 Å². The normalized spacial score (nSPS) is 15.5. The molecule has 0 unspecified atom stereocenters. The molecule has 31 heavy (non-hydrogen) atoms. The van der Waals surface area contributed by atoms with Gasteiger partial charge in [-0.1, -0.05) is 59.1 Å². The molecule has 1 aliphatic rings. The van der Waals surface area contributed by atoms with Crippen molar-refractivity contribution in [1.82, 2.24) is 0 Å². The van der Waals surface area contributed by atoms with Gasteiger partial charge < -0.3 is 9.29 Å². The molecule has 2 aromatic carbocycles. The lowest BCUT2D eigenvalue weighted by molar-refractivity contribution is 0.0734. The number of carbonyl (C=O) groups excluding carboxylic acids is 1. The minimum Gasteiger partial charge on any atom is -0.744 e. The fourth-order valence-corrected chi connectivity index (χ4v) is 5.51. The van der Waals surface area contributed by atoms with Gasteiger partial charge in [0.2, 0.25) is 0 Å². The maximum atomic E-state index is 12.7. The molecule has 0 heterocycles. The van der Waals surface area contributed by atoms with Gasteiger partial charge in [0.25, 0.3) is 0 Å². The van der Waals surface area contributed by atoms with E-state index in [1.165, 1.54) is 49.8 Å². The highest BCUT2D eigenvalue weighted by atomic mass is 32.2. The lowest BCUT2D eigenvalue weighted by atomic mass is 9.84. The summed E-state index contributed by atoms with van der Waals surface area (Å²) in [6, 6.07) is 10.6. The van der Waals surface area contributed by atoms with Gasteiger partial charge in [-0.25, -0.2) is 13.2 Å². The second kappa shape index (κ2) is 9.53. The van der Waals surface area contributed by atoms with Gasteiger partial charge in [-0.2, -0.15) is 0 Å². The summed E-state index contributed by atoms with van der Waals surface area (Å²) < 4.78 is 41.4. The number of ether oxygens (including phenoxy) is 1. The van der Waals surface area contributed by atoms with Gasteiger partial charge in [-0.05, 0) is 71.6 Å². The first-order valence-electron chi connectivity index (χ1n) is 11.0. The van der Waals surface area contributed by atoms with Crippen LogP contribution < -0.4 is 4.74 Å². The Hall–Kier alpha value is -2.18. The fraction of sp³-hybridized carbons (Fsp3) is 0.480. The SMILES string of the molecule is CC(C)c1cc(OC(=O)c2ccc(C3CCCCC3)cc2)cc(C(C)C)c1S(=O)(=O)[O-]. The monoisotopic (exact) mass is 443 g/mol. The van der Waals surface area contributed by atoms with E-state index in [1.54, 1.807) is 12.1 Å². The molecule has 1 saturated carbocycles. The molecule has 0 saturated heterocycles. The van der Waals surface area contributed by atoms with Crippen LogP contribution in [0.4, 0.5) is 0 Å². The van der Waals surface area contributed by atoms with Crippen molar-refractivity contribution in [2.75, 3.05) is 0 Å². The summed E-state index contributed by atoms with van der Waals surface area (Å²) in [4.78, 5) is 12.5. The van der Waals surface area contributed by atoms with Gasteiger partial charge >= 0.3 is 5.97 Å². The fourth-order valence-electron chi connectivity index (χ4n) is 4.34. The largest absolute Gasteiger partial charge is 0.744 e. The quantitative estimate of drug-likeness (QED) is 0.306. The summed E-state index contributed by atoms with van der Waals surface area (Å²) in [6.45, 7) is 7.24. The Morgan fingerprint density at radius 2 is 1.45 bits per heavy atom. The molecule has 1 aliphatic carbocycles. The van der Waals surface area contributed by atoms with Crippen LogP contribution >= 0.6 is 0 Å². The van der Waals surface area contributed by atoms with Crippen molar-refractivity contribution in [3.8, 4) is 5.75 Å². The van der Waals surface area contributed by atoms with E-state index in [4.69, 9.17) is 4.74 Å². The predicted octanol–water partition coefficient (Wildman–Crippen LogP) is 6.10. The van der Waals surface area contributed by atoms with Crippen LogP contribution in [0.25, 0.3) is 0 Å². The third-order valence-electron chi connectivity index (χ3n) is 6.05. The van der Waals surface area contributed by atoms with Crippen LogP contribution in [0.5, 0.6) is 5.75 Å². The Labute approximate surface area is 185 Å².